The van der Waals surface area contributed by atoms with Crippen molar-refractivity contribution >= 4 is 17.4 Å². The molecular formula is C17H16F4N4O. The van der Waals surface area contributed by atoms with E-state index in [9.17, 15) is 22.4 Å². The summed E-state index contributed by atoms with van der Waals surface area (Å²) in [6, 6.07) is 4.11. The number of halogens is 4. The summed E-state index contributed by atoms with van der Waals surface area (Å²) in [7, 11) is 0. The number of fused-ring (bicyclic) bond motifs is 1. The molecule has 5 nitrogen and oxygen atoms in total. The monoisotopic (exact) mass is 368 g/mol. The molecule has 0 aliphatic carbocycles. The largest absolute Gasteiger partial charge is 0.416 e. The van der Waals surface area contributed by atoms with E-state index in [1.807, 2.05) is 0 Å². The van der Waals surface area contributed by atoms with Gasteiger partial charge in [-0.1, -0.05) is 6.58 Å². The SMILES string of the molecule is C=CC(=O)NC[C@@H]1CN(c2ccc(C(F)(F)F)cc2F)c2ccnn2C1. The number of hydrogen-bond donors (Lipinski definition) is 1. The lowest BCUT2D eigenvalue weighted by Crippen LogP contribution is -2.41. The highest BCUT2D eigenvalue weighted by molar-refractivity contribution is 5.86. The van der Waals surface area contributed by atoms with Gasteiger partial charge in [-0.3, -0.25) is 4.79 Å². The maximum atomic E-state index is 14.4. The van der Waals surface area contributed by atoms with Crippen molar-refractivity contribution in [3.63, 3.8) is 0 Å². The topological polar surface area (TPSA) is 50.2 Å². The summed E-state index contributed by atoms with van der Waals surface area (Å²) in [4.78, 5) is 12.9. The summed E-state index contributed by atoms with van der Waals surface area (Å²) in [6.07, 6.45) is -1.93. The predicted molar refractivity (Wildman–Crippen MR) is 87.3 cm³/mol. The van der Waals surface area contributed by atoms with Crippen molar-refractivity contribution in [3.8, 4) is 0 Å². The Kier molecular flexibility index (Phi) is 4.71. The normalized spacial score (nSPS) is 16.9. The molecule has 138 valence electrons. The molecule has 0 spiro atoms. The van der Waals surface area contributed by atoms with Crippen molar-refractivity contribution in [1.29, 1.82) is 0 Å². The Morgan fingerprint density at radius 2 is 2.12 bits per heavy atom. The molecule has 0 fully saturated rings. The number of carbonyl (C=O) groups excluding carboxylic acids is 1. The second-order valence-corrected chi connectivity index (χ2v) is 5.96. The second kappa shape index (κ2) is 6.81. The average molecular weight is 368 g/mol. The smallest absolute Gasteiger partial charge is 0.352 e. The van der Waals surface area contributed by atoms with Gasteiger partial charge in [0.1, 0.15) is 11.6 Å². The van der Waals surface area contributed by atoms with E-state index in [-0.39, 0.29) is 17.5 Å². The standard InChI is InChI=1S/C17H16F4N4O/c1-2-15(26)22-8-11-9-24(16-5-6-23-25(16)10-11)14-4-3-12(7-13(14)18)17(19,20)21/h2-7,11H,1,8-10H2,(H,22,26)/t11-/m1/s1. The molecule has 1 aromatic carbocycles. The van der Waals surface area contributed by atoms with Gasteiger partial charge in [-0.05, 0) is 24.3 Å². The fraction of sp³-hybridized carbons (Fsp3) is 0.294. The third-order valence-corrected chi connectivity index (χ3v) is 4.16. The zero-order chi connectivity index (χ0) is 18.9. The van der Waals surface area contributed by atoms with Crippen molar-refractivity contribution in [2.75, 3.05) is 18.0 Å². The van der Waals surface area contributed by atoms with E-state index in [0.717, 1.165) is 18.2 Å². The van der Waals surface area contributed by atoms with E-state index >= 15 is 0 Å². The molecule has 1 atom stereocenters. The number of carbonyl (C=O) groups is 1. The lowest BCUT2D eigenvalue weighted by Gasteiger charge is -2.35. The molecule has 9 heteroatoms. The number of hydrogen-bond acceptors (Lipinski definition) is 3. The van der Waals surface area contributed by atoms with Crippen LogP contribution in [-0.4, -0.2) is 28.8 Å². The number of nitrogens with zero attached hydrogens (tertiary/aromatic N) is 3. The second-order valence-electron chi connectivity index (χ2n) is 5.96. The quantitative estimate of drug-likeness (QED) is 0.667. The zero-order valence-electron chi connectivity index (χ0n) is 13.6. The number of benzene rings is 1. The van der Waals surface area contributed by atoms with Gasteiger partial charge in [0.05, 0.1) is 17.4 Å². The molecule has 2 aromatic rings. The van der Waals surface area contributed by atoms with E-state index in [2.05, 4.69) is 17.0 Å². The van der Waals surface area contributed by atoms with Crippen LogP contribution in [0, 0.1) is 11.7 Å². The van der Waals surface area contributed by atoms with Crippen LogP contribution >= 0.6 is 0 Å². The summed E-state index contributed by atoms with van der Waals surface area (Å²) in [5.74, 6) is -0.824. The Hall–Kier alpha value is -2.84. The first-order valence-electron chi connectivity index (χ1n) is 7.86. The molecule has 1 aromatic heterocycles. The molecule has 3 rings (SSSR count). The van der Waals surface area contributed by atoms with Gasteiger partial charge in [-0.2, -0.15) is 18.3 Å². The van der Waals surface area contributed by atoms with Crippen LogP contribution in [0.3, 0.4) is 0 Å². The molecule has 1 aliphatic heterocycles. The summed E-state index contributed by atoms with van der Waals surface area (Å²) in [5, 5.41) is 6.83. The van der Waals surface area contributed by atoms with Crippen LogP contribution in [0.2, 0.25) is 0 Å². The summed E-state index contributed by atoms with van der Waals surface area (Å²) in [6.45, 7) is 4.50. The van der Waals surface area contributed by atoms with Gasteiger partial charge in [0, 0.05) is 31.6 Å². The lowest BCUT2D eigenvalue weighted by molar-refractivity contribution is -0.137. The molecule has 0 bridgehead atoms. The highest BCUT2D eigenvalue weighted by atomic mass is 19.4. The van der Waals surface area contributed by atoms with Crippen LogP contribution in [-0.2, 0) is 17.5 Å². The average Bonchev–Trinajstić information content (AvgIpc) is 3.06. The van der Waals surface area contributed by atoms with Crippen LogP contribution in [0.5, 0.6) is 0 Å². The van der Waals surface area contributed by atoms with E-state index in [1.165, 1.54) is 6.20 Å². The number of amides is 1. The van der Waals surface area contributed by atoms with Gasteiger partial charge in [0.25, 0.3) is 0 Å². The zero-order valence-corrected chi connectivity index (χ0v) is 13.6. The fourth-order valence-corrected chi connectivity index (χ4v) is 2.92. The van der Waals surface area contributed by atoms with E-state index in [1.54, 1.807) is 15.6 Å². The van der Waals surface area contributed by atoms with Crippen molar-refractivity contribution in [2.24, 2.45) is 5.92 Å². The number of alkyl halides is 3. The molecule has 1 aliphatic rings. The summed E-state index contributed by atoms with van der Waals surface area (Å²) < 4.78 is 54.3. The van der Waals surface area contributed by atoms with Crippen molar-refractivity contribution in [3.05, 3.63) is 54.5 Å². The highest BCUT2D eigenvalue weighted by Gasteiger charge is 2.33. The van der Waals surface area contributed by atoms with Gasteiger partial charge < -0.3 is 10.2 Å². The lowest BCUT2D eigenvalue weighted by atomic mass is 10.1. The van der Waals surface area contributed by atoms with E-state index in [0.29, 0.717) is 31.5 Å². The van der Waals surface area contributed by atoms with Crippen LogP contribution in [0.25, 0.3) is 0 Å². The first-order valence-corrected chi connectivity index (χ1v) is 7.86. The number of aromatic nitrogens is 2. The minimum absolute atomic E-state index is 0.0273. The predicted octanol–water partition coefficient (Wildman–Crippen LogP) is 3.11. The molecule has 2 heterocycles. The molecular weight excluding hydrogens is 352 g/mol. The van der Waals surface area contributed by atoms with Crippen LogP contribution in [0.15, 0.2) is 43.1 Å². The Balaban J connectivity index is 1.89. The maximum Gasteiger partial charge on any atom is 0.416 e. The minimum atomic E-state index is -4.61. The molecule has 1 amide bonds. The molecule has 0 saturated carbocycles. The number of nitrogens with one attached hydrogen (secondary N) is 1. The van der Waals surface area contributed by atoms with Gasteiger partial charge in [-0.15, -0.1) is 0 Å². The highest BCUT2D eigenvalue weighted by Crippen LogP contribution is 2.36. The Morgan fingerprint density at radius 3 is 2.77 bits per heavy atom. The molecule has 1 N–H and O–H groups in total. The van der Waals surface area contributed by atoms with E-state index < -0.39 is 17.6 Å². The fourth-order valence-electron chi connectivity index (χ4n) is 2.92. The van der Waals surface area contributed by atoms with Crippen LogP contribution in [0.4, 0.5) is 29.1 Å². The van der Waals surface area contributed by atoms with Gasteiger partial charge in [0.15, 0.2) is 0 Å². The van der Waals surface area contributed by atoms with Crippen molar-refractivity contribution < 1.29 is 22.4 Å². The third-order valence-electron chi connectivity index (χ3n) is 4.16. The van der Waals surface area contributed by atoms with Crippen LogP contribution in [0.1, 0.15) is 5.56 Å². The van der Waals surface area contributed by atoms with Crippen LogP contribution < -0.4 is 10.2 Å². The third kappa shape index (κ3) is 3.56. The molecule has 0 saturated heterocycles. The van der Waals surface area contributed by atoms with Gasteiger partial charge in [-0.25, -0.2) is 9.07 Å². The van der Waals surface area contributed by atoms with Gasteiger partial charge in [0.2, 0.25) is 5.91 Å². The Bertz CT molecular complexity index is 830. The summed E-state index contributed by atoms with van der Waals surface area (Å²) in [5.41, 5.74) is -1.02. The molecule has 26 heavy (non-hydrogen) atoms. The van der Waals surface area contributed by atoms with Crippen molar-refractivity contribution in [2.45, 2.75) is 12.7 Å². The maximum absolute atomic E-state index is 14.4. The first-order chi connectivity index (χ1) is 12.3. The Labute approximate surface area is 146 Å². The van der Waals surface area contributed by atoms with Gasteiger partial charge >= 0.3 is 6.18 Å². The number of rotatable bonds is 4. The minimum Gasteiger partial charge on any atom is -0.352 e. The Morgan fingerprint density at radius 1 is 1.35 bits per heavy atom. The molecule has 0 radical (unpaired) electrons. The first kappa shape index (κ1) is 18.0. The van der Waals surface area contributed by atoms with Crippen molar-refractivity contribution in [1.82, 2.24) is 15.1 Å². The van der Waals surface area contributed by atoms with E-state index in [4.69, 9.17) is 0 Å². The number of anilines is 2. The molecule has 0 unspecified atom stereocenters. The summed E-state index contributed by atoms with van der Waals surface area (Å²) >= 11 is 0.